The molecule has 9 heteroatoms. The van der Waals surface area contributed by atoms with Crippen LogP contribution in [0.25, 0.3) is 0 Å². The van der Waals surface area contributed by atoms with Gasteiger partial charge in [-0.3, -0.25) is 4.79 Å². The van der Waals surface area contributed by atoms with Gasteiger partial charge >= 0.3 is 6.03 Å². The standard InChI is InChI=1S/C21H28N6O3/c1-2-3-11-30-19-8-6-16(7-9-19)22-21(29)26-14-18(15-26)27-13-17(23-24-27)12-25-10-4-5-20(25)28/h6-9,13,18H,2-5,10-12,14-15H2,1H3,(H,22,29). The highest BCUT2D eigenvalue weighted by atomic mass is 16.5. The summed E-state index contributed by atoms with van der Waals surface area (Å²) < 4.78 is 7.43. The van der Waals surface area contributed by atoms with E-state index in [1.54, 1.807) is 9.58 Å². The van der Waals surface area contributed by atoms with Gasteiger partial charge in [0, 0.05) is 31.7 Å². The number of nitrogens with one attached hydrogen (secondary N) is 1. The van der Waals surface area contributed by atoms with Gasteiger partial charge in [-0.15, -0.1) is 5.10 Å². The van der Waals surface area contributed by atoms with Crippen LogP contribution in [-0.2, 0) is 11.3 Å². The third-order valence-corrected chi connectivity index (χ3v) is 5.48. The molecule has 0 radical (unpaired) electrons. The van der Waals surface area contributed by atoms with E-state index in [4.69, 9.17) is 4.74 Å². The largest absolute Gasteiger partial charge is 0.494 e. The predicted octanol–water partition coefficient (Wildman–Crippen LogP) is 2.67. The number of carbonyl (C=O) groups is 2. The van der Waals surface area contributed by atoms with Gasteiger partial charge in [-0.05, 0) is 37.1 Å². The van der Waals surface area contributed by atoms with Crippen molar-refractivity contribution in [3.8, 4) is 5.75 Å². The Morgan fingerprint density at radius 1 is 1.27 bits per heavy atom. The van der Waals surface area contributed by atoms with Gasteiger partial charge in [-0.1, -0.05) is 18.6 Å². The van der Waals surface area contributed by atoms with E-state index in [1.165, 1.54) is 0 Å². The van der Waals surface area contributed by atoms with Crippen molar-refractivity contribution in [2.45, 2.75) is 45.2 Å². The Hall–Kier alpha value is -3.10. The maximum atomic E-state index is 12.4. The summed E-state index contributed by atoms with van der Waals surface area (Å²) >= 11 is 0. The first-order valence-corrected chi connectivity index (χ1v) is 10.6. The average molecular weight is 412 g/mol. The van der Waals surface area contributed by atoms with Crippen LogP contribution < -0.4 is 10.1 Å². The first kappa shape index (κ1) is 20.2. The van der Waals surface area contributed by atoms with Crippen molar-refractivity contribution in [2.24, 2.45) is 0 Å². The number of amides is 3. The third-order valence-electron chi connectivity index (χ3n) is 5.48. The van der Waals surface area contributed by atoms with Gasteiger partial charge in [0.1, 0.15) is 11.4 Å². The number of carbonyl (C=O) groups excluding carboxylic acids is 2. The highest BCUT2D eigenvalue weighted by Crippen LogP contribution is 2.23. The molecule has 3 heterocycles. The fourth-order valence-electron chi connectivity index (χ4n) is 3.59. The van der Waals surface area contributed by atoms with E-state index in [2.05, 4.69) is 22.6 Å². The molecule has 3 amide bonds. The predicted molar refractivity (Wildman–Crippen MR) is 111 cm³/mol. The van der Waals surface area contributed by atoms with Crippen molar-refractivity contribution in [3.05, 3.63) is 36.2 Å². The first-order chi connectivity index (χ1) is 14.6. The average Bonchev–Trinajstić information content (AvgIpc) is 3.32. The molecule has 4 rings (SSSR count). The molecule has 2 fully saturated rings. The molecule has 0 unspecified atom stereocenters. The minimum absolute atomic E-state index is 0.112. The number of rotatable bonds is 8. The van der Waals surface area contributed by atoms with Gasteiger partial charge in [0.15, 0.2) is 0 Å². The van der Waals surface area contributed by atoms with Crippen LogP contribution in [0, 0.1) is 0 Å². The summed E-state index contributed by atoms with van der Waals surface area (Å²) in [7, 11) is 0. The van der Waals surface area contributed by atoms with Crippen LogP contribution in [-0.4, -0.2) is 63.0 Å². The fourth-order valence-corrected chi connectivity index (χ4v) is 3.59. The molecule has 30 heavy (non-hydrogen) atoms. The molecule has 1 N–H and O–H groups in total. The first-order valence-electron chi connectivity index (χ1n) is 10.6. The number of aromatic nitrogens is 3. The minimum atomic E-state index is -0.131. The highest BCUT2D eigenvalue weighted by molar-refractivity contribution is 5.89. The molecule has 0 atom stereocenters. The van der Waals surface area contributed by atoms with Gasteiger partial charge in [0.2, 0.25) is 5.91 Å². The van der Waals surface area contributed by atoms with Crippen LogP contribution in [0.5, 0.6) is 5.75 Å². The number of ether oxygens (including phenoxy) is 1. The second kappa shape index (κ2) is 9.15. The number of hydrogen-bond acceptors (Lipinski definition) is 5. The van der Waals surface area contributed by atoms with Crippen LogP contribution in [0.1, 0.15) is 44.3 Å². The van der Waals surface area contributed by atoms with Crippen molar-refractivity contribution in [3.63, 3.8) is 0 Å². The number of anilines is 1. The van der Waals surface area contributed by atoms with E-state index in [0.29, 0.717) is 32.7 Å². The SMILES string of the molecule is CCCCOc1ccc(NC(=O)N2CC(n3cc(CN4CCCC4=O)nn3)C2)cc1. The number of nitrogens with zero attached hydrogens (tertiary/aromatic N) is 5. The van der Waals surface area contributed by atoms with Gasteiger partial charge in [0.25, 0.3) is 0 Å². The number of hydrogen-bond donors (Lipinski definition) is 1. The zero-order chi connectivity index (χ0) is 20.9. The molecular weight excluding hydrogens is 384 g/mol. The number of benzene rings is 1. The van der Waals surface area contributed by atoms with Crippen LogP contribution in [0.3, 0.4) is 0 Å². The molecular formula is C21H28N6O3. The van der Waals surface area contributed by atoms with Crippen LogP contribution in [0.15, 0.2) is 30.5 Å². The fraction of sp³-hybridized carbons (Fsp3) is 0.524. The van der Waals surface area contributed by atoms with Crippen molar-refractivity contribution in [1.82, 2.24) is 24.8 Å². The Morgan fingerprint density at radius 3 is 2.77 bits per heavy atom. The summed E-state index contributed by atoms with van der Waals surface area (Å²) in [5.41, 5.74) is 1.53. The molecule has 2 aliphatic heterocycles. The van der Waals surface area contributed by atoms with Crippen LogP contribution in [0.2, 0.25) is 0 Å². The summed E-state index contributed by atoms with van der Waals surface area (Å²) in [5.74, 6) is 0.986. The van der Waals surface area contributed by atoms with Gasteiger partial charge in [-0.25, -0.2) is 9.48 Å². The molecule has 0 spiro atoms. The minimum Gasteiger partial charge on any atom is -0.494 e. The monoisotopic (exact) mass is 412 g/mol. The maximum Gasteiger partial charge on any atom is 0.321 e. The summed E-state index contributed by atoms with van der Waals surface area (Å²) in [6.07, 6.45) is 5.53. The number of urea groups is 1. The van der Waals surface area contributed by atoms with Crippen molar-refractivity contribution >= 4 is 17.6 Å². The Labute approximate surface area is 176 Å². The lowest BCUT2D eigenvalue weighted by Gasteiger charge is -2.38. The summed E-state index contributed by atoms with van der Waals surface area (Å²) in [5, 5.41) is 11.3. The van der Waals surface area contributed by atoms with Gasteiger partial charge in [-0.2, -0.15) is 0 Å². The summed E-state index contributed by atoms with van der Waals surface area (Å²) in [6, 6.07) is 7.41. The lowest BCUT2D eigenvalue weighted by molar-refractivity contribution is -0.128. The lowest BCUT2D eigenvalue weighted by Crippen LogP contribution is -2.52. The van der Waals surface area contributed by atoms with E-state index in [0.717, 1.165) is 42.9 Å². The molecule has 2 aliphatic rings. The van der Waals surface area contributed by atoms with Gasteiger partial charge in [0.05, 0.1) is 25.4 Å². The molecule has 1 aromatic carbocycles. The molecule has 2 aromatic rings. The normalized spacial score (nSPS) is 16.6. The molecule has 1 aromatic heterocycles. The lowest BCUT2D eigenvalue weighted by atomic mass is 10.1. The molecule has 0 saturated carbocycles. The number of unbranched alkanes of at least 4 members (excludes halogenated alkanes) is 1. The Bertz CT molecular complexity index is 875. The maximum absolute atomic E-state index is 12.4. The van der Waals surface area contributed by atoms with Crippen LogP contribution in [0.4, 0.5) is 10.5 Å². The van der Waals surface area contributed by atoms with Crippen molar-refractivity contribution < 1.29 is 14.3 Å². The Kier molecular flexibility index (Phi) is 6.15. The van der Waals surface area contributed by atoms with Gasteiger partial charge < -0.3 is 19.9 Å². The Morgan fingerprint density at radius 2 is 2.07 bits per heavy atom. The second-order valence-corrected chi connectivity index (χ2v) is 7.82. The topological polar surface area (TPSA) is 92.6 Å². The third kappa shape index (κ3) is 4.72. The molecule has 0 bridgehead atoms. The summed E-state index contributed by atoms with van der Waals surface area (Å²) in [4.78, 5) is 27.7. The highest BCUT2D eigenvalue weighted by Gasteiger charge is 2.33. The number of likely N-dealkylation sites (tertiary alicyclic amines) is 2. The molecule has 9 nitrogen and oxygen atoms in total. The molecule has 160 valence electrons. The van der Waals surface area contributed by atoms with Crippen LogP contribution >= 0.6 is 0 Å². The summed E-state index contributed by atoms with van der Waals surface area (Å²) in [6.45, 7) is 5.28. The van der Waals surface area contributed by atoms with E-state index in [9.17, 15) is 9.59 Å². The van der Waals surface area contributed by atoms with E-state index < -0.39 is 0 Å². The van der Waals surface area contributed by atoms with E-state index >= 15 is 0 Å². The van der Waals surface area contributed by atoms with Crippen molar-refractivity contribution in [1.29, 1.82) is 0 Å². The molecule has 2 saturated heterocycles. The van der Waals surface area contributed by atoms with E-state index in [1.807, 2.05) is 35.4 Å². The zero-order valence-corrected chi connectivity index (χ0v) is 17.3. The quantitative estimate of drug-likeness (QED) is 0.673. The smallest absolute Gasteiger partial charge is 0.321 e. The second-order valence-electron chi connectivity index (χ2n) is 7.82. The Balaban J connectivity index is 1.22. The molecule has 0 aliphatic carbocycles. The van der Waals surface area contributed by atoms with Crippen molar-refractivity contribution in [2.75, 3.05) is 31.6 Å². The zero-order valence-electron chi connectivity index (χ0n) is 17.3. The van der Waals surface area contributed by atoms with E-state index in [-0.39, 0.29) is 18.0 Å².